The van der Waals surface area contributed by atoms with Crippen LogP contribution in [0.25, 0.3) is 0 Å². The fourth-order valence-electron chi connectivity index (χ4n) is 1.90. The van der Waals surface area contributed by atoms with Crippen LogP contribution in [0.5, 0.6) is 0 Å². The number of benzene rings is 2. The number of aryl methyl sites for hydroxylation is 2. The second-order valence-electron chi connectivity index (χ2n) is 4.85. The Morgan fingerprint density at radius 2 is 1.50 bits per heavy atom. The van der Waals surface area contributed by atoms with Crippen LogP contribution in [-0.2, 0) is 0 Å². The molecule has 0 saturated carbocycles. The van der Waals surface area contributed by atoms with Crippen LogP contribution in [-0.4, -0.2) is 11.8 Å². The highest BCUT2D eigenvalue weighted by atomic mass is 35.5. The van der Waals surface area contributed by atoms with Crippen molar-refractivity contribution in [3.05, 3.63) is 68.7 Å². The fourth-order valence-corrected chi connectivity index (χ4v) is 2.28. The minimum Gasteiger partial charge on any atom is -0.267 e. The van der Waals surface area contributed by atoms with Crippen LogP contribution in [0, 0.1) is 13.8 Å². The number of amides is 2. The molecular weight excluding hydrogens is 323 g/mol. The molecular formula is C16H14Cl2N2O2. The minimum atomic E-state index is -0.536. The van der Waals surface area contributed by atoms with Crippen molar-refractivity contribution in [2.24, 2.45) is 0 Å². The van der Waals surface area contributed by atoms with Gasteiger partial charge in [-0.05, 0) is 43.7 Å². The molecule has 0 spiro atoms. The molecule has 2 amide bonds. The summed E-state index contributed by atoms with van der Waals surface area (Å²) < 4.78 is 0. The summed E-state index contributed by atoms with van der Waals surface area (Å²) in [6, 6.07) is 10.0. The molecule has 114 valence electrons. The van der Waals surface area contributed by atoms with E-state index in [9.17, 15) is 9.59 Å². The van der Waals surface area contributed by atoms with Gasteiger partial charge in [0, 0.05) is 10.6 Å². The van der Waals surface area contributed by atoms with Crippen LogP contribution < -0.4 is 10.9 Å². The van der Waals surface area contributed by atoms with E-state index in [1.54, 1.807) is 12.1 Å². The lowest BCUT2D eigenvalue weighted by atomic mass is 10.1. The summed E-state index contributed by atoms with van der Waals surface area (Å²) in [4.78, 5) is 24.2. The van der Waals surface area contributed by atoms with E-state index in [4.69, 9.17) is 23.2 Å². The lowest BCUT2D eigenvalue weighted by Crippen LogP contribution is -2.42. The molecule has 2 aromatic carbocycles. The third-order valence-electron chi connectivity index (χ3n) is 3.10. The SMILES string of the molecule is Cc1ccc(C)c(C(=O)NNC(=O)c2cc(Cl)ccc2Cl)c1. The summed E-state index contributed by atoms with van der Waals surface area (Å²) in [5.74, 6) is -0.932. The Kier molecular flexibility index (Phi) is 5.06. The summed E-state index contributed by atoms with van der Waals surface area (Å²) >= 11 is 11.8. The topological polar surface area (TPSA) is 58.2 Å². The third kappa shape index (κ3) is 3.78. The zero-order valence-electron chi connectivity index (χ0n) is 12.0. The molecule has 0 heterocycles. The van der Waals surface area contributed by atoms with Crippen LogP contribution in [0.15, 0.2) is 36.4 Å². The molecule has 0 aliphatic heterocycles. The number of halogens is 2. The number of hydrogen-bond acceptors (Lipinski definition) is 2. The molecule has 0 aliphatic rings. The molecule has 2 rings (SSSR count). The average Bonchev–Trinajstić information content (AvgIpc) is 2.49. The first-order valence-corrected chi connectivity index (χ1v) is 7.27. The normalized spacial score (nSPS) is 10.2. The van der Waals surface area contributed by atoms with E-state index in [0.29, 0.717) is 10.6 Å². The van der Waals surface area contributed by atoms with Crippen molar-refractivity contribution in [2.45, 2.75) is 13.8 Å². The zero-order chi connectivity index (χ0) is 16.3. The van der Waals surface area contributed by atoms with Crippen LogP contribution in [0.3, 0.4) is 0 Å². The lowest BCUT2D eigenvalue weighted by Gasteiger charge is -2.10. The fraction of sp³-hybridized carbons (Fsp3) is 0.125. The first kappa shape index (κ1) is 16.3. The van der Waals surface area contributed by atoms with Gasteiger partial charge in [0.1, 0.15) is 0 Å². The van der Waals surface area contributed by atoms with Crippen molar-refractivity contribution in [3.8, 4) is 0 Å². The average molecular weight is 337 g/mol. The standard InChI is InChI=1S/C16H14Cl2N2O2/c1-9-3-4-10(2)12(7-9)15(21)19-20-16(22)13-8-11(17)5-6-14(13)18/h3-8H,1-2H3,(H,19,21)(H,20,22). The number of carbonyl (C=O) groups is 2. The molecule has 2 aromatic rings. The summed E-state index contributed by atoms with van der Waals surface area (Å²) in [7, 11) is 0. The highest BCUT2D eigenvalue weighted by Gasteiger charge is 2.14. The number of carbonyl (C=O) groups excluding carboxylic acids is 2. The first-order chi connectivity index (χ1) is 10.4. The highest BCUT2D eigenvalue weighted by molar-refractivity contribution is 6.35. The smallest absolute Gasteiger partial charge is 0.267 e. The van der Waals surface area contributed by atoms with Gasteiger partial charge in [-0.3, -0.25) is 20.4 Å². The van der Waals surface area contributed by atoms with Gasteiger partial charge < -0.3 is 0 Å². The summed E-state index contributed by atoms with van der Waals surface area (Å²) in [6.45, 7) is 3.71. The van der Waals surface area contributed by atoms with Gasteiger partial charge in [0.05, 0.1) is 10.6 Å². The van der Waals surface area contributed by atoms with Crippen molar-refractivity contribution in [1.29, 1.82) is 0 Å². The van der Waals surface area contributed by atoms with E-state index < -0.39 is 11.8 Å². The molecule has 0 bridgehead atoms. The van der Waals surface area contributed by atoms with Gasteiger partial charge in [-0.1, -0.05) is 40.9 Å². The number of nitrogens with one attached hydrogen (secondary N) is 2. The second kappa shape index (κ2) is 6.81. The van der Waals surface area contributed by atoms with Crippen LogP contribution in [0.2, 0.25) is 10.0 Å². The maximum absolute atomic E-state index is 12.1. The van der Waals surface area contributed by atoms with E-state index in [-0.39, 0.29) is 10.6 Å². The molecule has 22 heavy (non-hydrogen) atoms. The summed E-state index contributed by atoms with van der Waals surface area (Å²) in [6.07, 6.45) is 0. The number of hydrazine groups is 1. The zero-order valence-corrected chi connectivity index (χ0v) is 13.5. The molecule has 0 saturated heterocycles. The predicted octanol–water partition coefficient (Wildman–Crippen LogP) is 3.69. The lowest BCUT2D eigenvalue weighted by molar-refractivity contribution is 0.0846. The maximum atomic E-state index is 12.1. The summed E-state index contributed by atoms with van der Waals surface area (Å²) in [5.41, 5.74) is 7.17. The highest BCUT2D eigenvalue weighted by Crippen LogP contribution is 2.20. The minimum absolute atomic E-state index is 0.190. The van der Waals surface area contributed by atoms with Gasteiger partial charge in [0.25, 0.3) is 11.8 Å². The van der Waals surface area contributed by atoms with Gasteiger partial charge in [-0.2, -0.15) is 0 Å². The second-order valence-corrected chi connectivity index (χ2v) is 5.69. The van der Waals surface area contributed by atoms with Gasteiger partial charge in [0.2, 0.25) is 0 Å². The molecule has 2 N–H and O–H groups in total. The van der Waals surface area contributed by atoms with Crippen LogP contribution >= 0.6 is 23.2 Å². The van der Waals surface area contributed by atoms with Crippen molar-refractivity contribution in [3.63, 3.8) is 0 Å². The Balaban J connectivity index is 2.09. The number of hydrogen-bond donors (Lipinski definition) is 2. The van der Waals surface area contributed by atoms with Crippen molar-refractivity contribution >= 4 is 35.0 Å². The first-order valence-electron chi connectivity index (χ1n) is 6.51. The predicted molar refractivity (Wildman–Crippen MR) is 87.3 cm³/mol. The largest absolute Gasteiger partial charge is 0.271 e. The molecule has 0 unspecified atom stereocenters. The molecule has 0 aliphatic carbocycles. The van der Waals surface area contributed by atoms with Gasteiger partial charge in [0.15, 0.2) is 0 Å². The maximum Gasteiger partial charge on any atom is 0.271 e. The Hall–Kier alpha value is -2.04. The molecule has 0 aromatic heterocycles. The molecule has 0 atom stereocenters. The van der Waals surface area contributed by atoms with Crippen molar-refractivity contribution < 1.29 is 9.59 Å². The van der Waals surface area contributed by atoms with E-state index in [1.807, 2.05) is 26.0 Å². The van der Waals surface area contributed by atoms with Gasteiger partial charge in [-0.15, -0.1) is 0 Å². The van der Waals surface area contributed by atoms with Gasteiger partial charge >= 0.3 is 0 Å². The van der Waals surface area contributed by atoms with E-state index in [1.165, 1.54) is 12.1 Å². The Morgan fingerprint density at radius 1 is 0.864 bits per heavy atom. The van der Waals surface area contributed by atoms with Crippen molar-refractivity contribution in [1.82, 2.24) is 10.9 Å². The van der Waals surface area contributed by atoms with E-state index in [0.717, 1.165) is 11.1 Å². The quantitative estimate of drug-likeness (QED) is 0.821. The molecule has 6 heteroatoms. The van der Waals surface area contributed by atoms with Crippen LogP contribution in [0.4, 0.5) is 0 Å². The van der Waals surface area contributed by atoms with E-state index >= 15 is 0 Å². The van der Waals surface area contributed by atoms with Gasteiger partial charge in [-0.25, -0.2) is 0 Å². The monoisotopic (exact) mass is 336 g/mol. The van der Waals surface area contributed by atoms with Crippen molar-refractivity contribution in [2.75, 3.05) is 0 Å². The number of rotatable bonds is 2. The molecule has 0 radical (unpaired) electrons. The molecule has 4 nitrogen and oxygen atoms in total. The Bertz CT molecular complexity index is 681. The van der Waals surface area contributed by atoms with E-state index in [2.05, 4.69) is 10.9 Å². The molecule has 0 fully saturated rings. The summed E-state index contributed by atoms with van der Waals surface area (Å²) in [5, 5.41) is 0.637. The Morgan fingerprint density at radius 3 is 2.18 bits per heavy atom. The Labute approximate surface area is 138 Å². The third-order valence-corrected chi connectivity index (χ3v) is 3.66. The van der Waals surface area contributed by atoms with Crippen LogP contribution in [0.1, 0.15) is 31.8 Å².